The summed E-state index contributed by atoms with van der Waals surface area (Å²) in [7, 11) is 1.88. The summed E-state index contributed by atoms with van der Waals surface area (Å²) in [6.07, 6.45) is 4.48. The minimum atomic E-state index is -0.425. The number of fused-ring (bicyclic) bond motifs is 1. The summed E-state index contributed by atoms with van der Waals surface area (Å²) in [5, 5.41) is 5.19. The van der Waals surface area contributed by atoms with Gasteiger partial charge in [-0.3, -0.25) is 4.68 Å². The molecule has 0 unspecified atom stereocenters. The van der Waals surface area contributed by atoms with Gasteiger partial charge in [-0.25, -0.2) is 14.8 Å². The van der Waals surface area contributed by atoms with E-state index in [1.807, 2.05) is 39.1 Å². The Morgan fingerprint density at radius 2 is 2.09 bits per heavy atom. The molecule has 0 amide bonds. The average Bonchev–Trinajstić information content (AvgIpc) is 2.88. The molecule has 0 aliphatic carbocycles. The Bertz CT molecular complexity index is 839. The first kappa shape index (κ1) is 14.2. The zero-order chi connectivity index (χ0) is 15.7. The summed E-state index contributed by atoms with van der Waals surface area (Å²) < 4.78 is 7.06. The Hall–Kier alpha value is -2.76. The molecule has 0 saturated carbocycles. The summed E-state index contributed by atoms with van der Waals surface area (Å²) in [4.78, 5) is 20.5. The number of rotatable bonds is 3. The van der Waals surface area contributed by atoms with E-state index in [1.165, 1.54) is 12.5 Å². The first-order chi connectivity index (χ1) is 10.6. The van der Waals surface area contributed by atoms with E-state index < -0.39 is 5.97 Å². The molecule has 0 radical (unpaired) electrons. The quantitative estimate of drug-likeness (QED) is 0.695. The molecule has 112 valence electrons. The largest absolute Gasteiger partial charge is 0.459 e. The molecule has 1 aromatic carbocycles. The predicted octanol–water partition coefficient (Wildman–Crippen LogP) is 2.60. The van der Waals surface area contributed by atoms with E-state index in [0.717, 1.165) is 16.5 Å². The van der Waals surface area contributed by atoms with E-state index in [4.69, 9.17) is 4.74 Å². The number of carbonyl (C=O) groups is 1. The van der Waals surface area contributed by atoms with Crippen molar-refractivity contribution in [3.05, 3.63) is 42.5 Å². The van der Waals surface area contributed by atoms with Crippen molar-refractivity contribution in [3.8, 4) is 11.3 Å². The van der Waals surface area contributed by atoms with Crippen LogP contribution in [0.5, 0.6) is 0 Å². The lowest BCUT2D eigenvalue weighted by Gasteiger charge is -2.11. The van der Waals surface area contributed by atoms with E-state index in [1.54, 1.807) is 10.9 Å². The van der Waals surface area contributed by atoms with Crippen LogP contribution in [-0.2, 0) is 11.8 Å². The van der Waals surface area contributed by atoms with Crippen LogP contribution in [0.4, 0.5) is 0 Å². The lowest BCUT2D eigenvalue weighted by Crippen LogP contribution is -2.13. The highest BCUT2D eigenvalue weighted by Gasteiger charge is 2.19. The molecule has 0 spiro atoms. The summed E-state index contributed by atoms with van der Waals surface area (Å²) in [6.45, 7) is 3.62. The molecular formula is C16H16N4O2. The molecular weight excluding hydrogens is 280 g/mol. The second-order valence-corrected chi connectivity index (χ2v) is 5.25. The Morgan fingerprint density at radius 1 is 1.27 bits per heavy atom. The highest BCUT2D eigenvalue weighted by molar-refractivity contribution is 6.01. The van der Waals surface area contributed by atoms with Crippen molar-refractivity contribution >= 4 is 16.9 Å². The monoisotopic (exact) mass is 296 g/mol. The van der Waals surface area contributed by atoms with Gasteiger partial charge in [0.2, 0.25) is 0 Å². The molecule has 0 saturated heterocycles. The van der Waals surface area contributed by atoms with Crippen molar-refractivity contribution in [1.82, 2.24) is 19.7 Å². The molecule has 22 heavy (non-hydrogen) atoms. The normalized spacial score (nSPS) is 11.1. The van der Waals surface area contributed by atoms with E-state index in [2.05, 4.69) is 15.1 Å². The van der Waals surface area contributed by atoms with Crippen molar-refractivity contribution < 1.29 is 9.53 Å². The fourth-order valence-electron chi connectivity index (χ4n) is 2.36. The number of ether oxygens (including phenoxy) is 1. The van der Waals surface area contributed by atoms with Crippen LogP contribution in [0.25, 0.3) is 22.2 Å². The van der Waals surface area contributed by atoms with Crippen LogP contribution >= 0.6 is 0 Å². The number of hydrogen-bond donors (Lipinski definition) is 0. The Morgan fingerprint density at radius 3 is 2.86 bits per heavy atom. The van der Waals surface area contributed by atoms with Gasteiger partial charge in [0, 0.05) is 24.2 Å². The molecule has 2 heterocycles. The van der Waals surface area contributed by atoms with Crippen LogP contribution in [0.15, 0.2) is 36.9 Å². The van der Waals surface area contributed by atoms with Gasteiger partial charge in [0.15, 0.2) is 0 Å². The third kappa shape index (κ3) is 2.43. The SMILES string of the molecule is CC(C)OC(=O)c1cncnc1-c1cccc2c1cnn2C. The van der Waals surface area contributed by atoms with Gasteiger partial charge in [-0.15, -0.1) is 0 Å². The summed E-state index contributed by atoms with van der Waals surface area (Å²) >= 11 is 0. The van der Waals surface area contributed by atoms with Crippen LogP contribution in [-0.4, -0.2) is 31.8 Å². The number of aryl methyl sites for hydroxylation is 1. The zero-order valence-corrected chi connectivity index (χ0v) is 12.6. The fourth-order valence-corrected chi connectivity index (χ4v) is 2.36. The number of nitrogens with zero attached hydrogens (tertiary/aromatic N) is 4. The fraction of sp³-hybridized carbons (Fsp3) is 0.250. The van der Waals surface area contributed by atoms with Gasteiger partial charge in [0.05, 0.1) is 23.5 Å². The molecule has 0 aliphatic heterocycles. The van der Waals surface area contributed by atoms with Crippen molar-refractivity contribution in [1.29, 1.82) is 0 Å². The van der Waals surface area contributed by atoms with Crippen LogP contribution in [0.2, 0.25) is 0 Å². The van der Waals surface area contributed by atoms with E-state index in [0.29, 0.717) is 11.3 Å². The second kappa shape index (κ2) is 5.55. The maximum absolute atomic E-state index is 12.3. The summed E-state index contributed by atoms with van der Waals surface area (Å²) in [6, 6.07) is 5.80. The molecule has 0 fully saturated rings. The molecule has 3 aromatic rings. The molecule has 0 bridgehead atoms. The topological polar surface area (TPSA) is 69.9 Å². The minimum Gasteiger partial charge on any atom is -0.459 e. The molecule has 2 aromatic heterocycles. The molecule has 0 aliphatic rings. The standard InChI is InChI=1S/C16H16N4O2/c1-10(2)22-16(21)13-7-17-9-18-15(13)11-5-4-6-14-12(11)8-19-20(14)3/h4-10H,1-3H3. The highest BCUT2D eigenvalue weighted by atomic mass is 16.5. The highest BCUT2D eigenvalue weighted by Crippen LogP contribution is 2.29. The first-order valence-electron chi connectivity index (χ1n) is 7.00. The summed E-state index contributed by atoms with van der Waals surface area (Å²) in [5.41, 5.74) is 2.72. The average molecular weight is 296 g/mol. The Balaban J connectivity index is 2.17. The Labute approximate surface area is 127 Å². The van der Waals surface area contributed by atoms with Crippen LogP contribution in [0.1, 0.15) is 24.2 Å². The van der Waals surface area contributed by atoms with Gasteiger partial charge < -0.3 is 4.74 Å². The van der Waals surface area contributed by atoms with Crippen molar-refractivity contribution in [2.75, 3.05) is 0 Å². The van der Waals surface area contributed by atoms with Crippen molar-refractivity contribution in [3.63, 3.8) is 0 Å². The van der Waals surface area contributed by atoms with Crippen LogP contribution in [0.3, 0.4) is 0 Å². The number of hydrogen-bond acceptors (Lipinski definition) is 5. The van der Waals surface area contributed by atoms with Crippen LogP contribution < -0.4 is 0 Å². The number of esters is 1. The lowest BCUT2D eigenvalue weighted by molar-refractivity contribution is 0.0378. The van der Waals surface area contributed by atoms with Gasteiger partial charge in [0.1, 0.15) is 11.9 Å². The van der Waals surface area contributed by atoms with Gasteiger partial charge in [-0.05, 0) is 19.9 Å². The molecule has 6 nitrogen and oxygen atoms in total. The van der Waals surface area contributed by atoms with E-state index in [-0.39, 0.29) is 6.10 Å². The van der Waals surface area contributed by atoms with E-state index in [9.17, 15) is 4.79 Å². The van der Waals surface area contributed by atoms with E-state index >= 15 is 0 Å². The minimum absolute atomic E-state index is 0.199. The number of aromatic nitrogens is 4. The van der Waals surface area contributed by atoms with Gasteiger partial charge in [0.25, 0.3) is 0 Å². The second-order valence-electron chi connectivity index (χ2n) is 5.25. The number of carbonyl (C=O) groups excluding carboxylic acids is 1. The third-order valence-electron chi connectivity index (χ3n) is 3.32. The summed E-state index contributed by atoms with van der Waals surface area (Å²) in [5.74, 6) is -0.425. The Kier molecular flexibility index (Phi) is 3.58. The number of benzene rings is 1. The van der Waals surface area contributed by atoms with Crippen molar-refractivity contribution in [2.24, 2.45) is 7.05 Å². The maximum atomic E-state index is 12.3. The molecule has 0 atom stereocenters. The third-order valence-corrected chi connectivity index (χ3v) is 3.32. The molecule has 6 heteroatoms. The van der Waals surface area contributed by atoms with Gasteiger partial charge in [-0.1, -0.05) is 12.1 Å². The van der Waals surface area contributed by atoms with Gasteiger partial charge in [-0.2, -0.15) is 5.10 Å². The smallest absolute Gasteiger partial charge is 0.342 e. The molecule has 3 rings (SSSR count). The van der Waals surface area contributed by atoms with Crippen LogP contribution in [0, 0.1) is 0 Å². The first-order valence-corrected chi connectivity index (χ1v) is 7.00. The zero-order valence-electron chi connectivity index (χ0n) is 12.6. The maximum Gasteiger partial charge on any atom is 0.342 e. The predicted molar refractivity (Wildman–Crippen MR) is 82.3 cm³/mol. The van der Waals surface area contributed by atoms with Gasteiger partial charge >= 0.3 is 5.97 Å². The lowest BCUT2D eigenvalue weighted by atomic mass is 10.0. The molecule has 0 N–H and O–H groups in total. The van der Waals surface area contributed by atoms with Crippen molar-refractivity contribution in [2.45, 2.75) is 20.0 Å².